The minimum absolute atomic E-state index is 0.328. The Hall–Kier alpha value is -0.460. The van der Waals surface area contributed by atoms with Gasteiger partial charge in [-0.2, -0.15) is 0 Å². The fraction of sp³-hybridized carbons (Fsp3) is 0.750. The van der Waals surface area contributed by atoms with E-state index in [1.54, 1.807) is 6.26 Å². The molecule has 0 amide bonds. The van der Waals surface area contributed by atoms with Crippen molar-refractivity contribution in [1.82, 2.24) is 0 Å². The Labute approximate surface area is 56.7 Å². The molecule has 0 spiro atoms. The second-order valence-corrected chi connectivity index (χ2v) is 3.34. The first-order valence-corrected chi connectivity index (χ1v) is 3.43. The molecule has 52 valence electrons. The Morgan fingerprint density at radius 2 is 2.22 bits per heavy atom. The van der Waals surface area contributed by atoms with Gasteiger partial charge in [0, 0.05) is 5.41 Å². The van der Waals surface area contributed by atoms with Crippen LogP contribution in [-0.4, -0.2) is 6.10 Å². The van der Waals surface area contributed by atoms with Gasteiger partial charge in [-0.3, -0.25) is 0 Å². The van der Waals surface area contributed by atoms with Crippen LogP contribution in [0.5, 0.6) is 0 Å². The summed E-state index contributed by atoms with van der Waals surface area (Å²) in [5, 5.41) is 0. The molecule has 0 fully saturated rings. The highest BCUT2D eigenvalue weighted by Gasteiger charge is 2.27. The zero-order chi connectivity index (χ0) is 6.91. The highest BCUT2D eigenvalue weighted by Crippen LogP contribution is 2.30. The molecule has 0 aromatic heterocycles. The summed E-state index contributed by atoms with van der Waals surface area (Å²) in [5.41, 5.74) is 0.328. The second-order valence-electron chi connectivity index (χ2n) is 3.34. The average molecular weight is 126 g/mol. The van der Waals surface area contributed by atoms with E-state index in [1.807, 2.05) is 0 Å². The van der Waals surface area contributed by atoms with Gasteiger partial charge in [-0.1, -0.05) is 13.8 Å². The molecule has 0 aromatic rings. The summed E-state index contributed by atoms with van der Waals surface area (Å²) in [4.78, 5) is 0. The van der Waals surface area contributed by atoms with Gasteiger partial charge < -0.3 is 4.74 Å². The van der Waals surface area contributed by atoms with Gasteiger partial charge in [-0.05, 0) is 19.4 Å². The first-order chi connectivity index (χ1) is 4.13. The lowest BCUT2D eigenvalue weighted by Gasteiger charge is -2.32. The van der Waals surface area contributed by atoms with Crippen LogP contribution in [0, 0.1) is 5.41 Å². The van der Waals surface area contributed by atoms with Crippen molar-refractivity contribution in [1.29, 1.82) is 0 Å². The quantitative estimate of drug-likeness (QED) is 0.484. The van der Waals surface area contributed by atoms with Gasteiger partial charge >= 0.3 is 0 Å². The number of rotatable bonds is 0. The normalized spacial score (nSPS) is 31.7. The van der Waals surface area contributed by atoms with Crippen LogP contribution in [-0.2, 0) is 4.74 Å². The van der Waals surface area contributed by atoms with Crippen molar-refractivity contribution < 1.29 is 4.74 Å². The molecule has 0 saturated heterocycles. The Bertz CT molecular complexity index is 125. The summed E-state index contributed by atoms with van der Waals surface area (Å²) < 4.78 is 5.31. The van der Waals surface area contributed by atoms with Crippen LogP contribution in [0.3, 0.4) is 0 Å². The summed E-state index contributed by atoms with van der Waals surface area (Å²) in [6.07, 6.45) is 5.38. The zero-order valence-corrected chi connectivity index (χ0v) is 6.35. The Morgan fingerprint density at radius 1 is 1.56 bits per heavy atom. The molecule has 1 heteroatoms. The zero-order valence-electron chi connectivity index (χ0n) is 6.35. The molecule has 1 aliphatic heterocycles. The highest BCUT2D eigenvalue weighted by molar-refractivity contribution is 4.91. The molecule has 1 unspecified atom stereocenters. The van der Waals surface area contributed by atoms with E-state index in [2.05, 4.69) is 26.8 Å². The van der Waals surface area contributed by atoms with E-state index < -0.39 is 0 Å². The minimum atomic E-state index is 0.328. The number of hydrogen-bond acceptors (Lipinski definition) is 1. The van der Waals surface area contributed by atoms with Crippen molar-refractivity contribution >= 4 is 0 Å². The molecular formula is C8H14O. The van der Waals surface area contributed by atoms with Crippen LogP contribution in [0.25, 0.3) is 0 Å². The molecule has 1 atom stereocenters. The van der Waals surface area contributed by atoms with Crippen LogP contribution in [0.15, 0.2) is 12.3 Å². The van der Waals surface area contributed by atoms with Gasteiger partial charge in [-0.15, -0.1) is 0 Å². The molecule has 0 aromatic carbocycles. The maximum absolute atomic E-state index is 5.31. The first-order valence-electron chi connectivity index (χ1n) is 3.43. The lowest BCUT2D eigenvalue weighted by atomic mass is 9.83. The smallest absolute Gasteiger partial charge is 0.100 e. The summed E-state index contributed by atoms with van der Waals surface area (Å²) in [6, 6.07) is 0. The number of hydrogen-bond donors (Lipinski definition) is 0. The van der Waals surface area contributed by atoms with E-state index in [0.29, 0.717) is 11.5 Å². The summed E-state index contributed by atoms with van der Waals surface area (Å²) >= 11 is 0. The Balaban J connectivity index is 2.64. The van der Waals surface area contributed by atoms with E-state index in [-0.39, 0.29) is 0 Å². The van der Waals surface area contributed by atoms with Crippen LogP contribution in [0.4, 0.5) is 0 Å². The fourth-order valence-corrected chi connectivity index (χ4v) is 0.875. The van der Waals surface area contributed by atoms with Crippen molar-refractivity contribution in [3.05, 3.63) is 12.3 Å². The largest absolute Gasteiger partial charge is 0.498 e. The third kappa shape index (κ3) is 1.26. The predicted octanol–water partition coefficient (Wildman–Crippen LogP) is 2.34. The van der Waals surface area contributed by atoms with Gasteiger partial charge in [0.2, 0.25) is 0 Å². The van der Waals surface area contributed by atoms with Gasteiger partial charge in [0.1, 0.15) is 6.10 Å². The lowest BCUT2D eigenvalue weighted by Crippen LogP contribution is -2.29. The van der Waals surface area contributed by atoms with Crippen LogP contribution in [0.2, 0.25) is 0 Å². The predicted molar refractivity (Wildman–Crippen MR) is 38.1 cm³/mol. The van der Waals surface area contributed by atoms with Crippen molar-refractivity contribution in [2.75, 3.05) is 0 Å². The molecule has 9 heavy (non-hydrogen) atoms. The van der Waals surface area contributed by atoms with Crippen LogP contribution >= 0.6 is 0 Å². The second kappa shape index (κ2) is 2.05. The summed E-state index contributed by atoms with van der Waals surface area (Å²) in [6.45, 7) is 6.56. The Kier molecular flexibility index (Phi) is 1.52. The van der Waals surface area contributed by atoms with Gasteiger partial charge in [0.25, 0.3) is 0 Å². The number of ether oxygens (including phenoxy) is 1. The maximum atomic E-state index is 5.31. The van der Waals surface area contributed by atoms with Gasteiger partial charge in [-0.25, -0.2) is 0 Å². The Morgan fingerprint density at radius 3 is 2.56 bits per heavy atom. The first kappa shape index (κ1) is 6.66. The van der Waals surface area contributed by atoms with Crippen LogP contribution < -0.4 is 0 Å². The summed E-state index contributed by atoms with van der Waals surface area (Å²) in [7, 11) is 0. The SMILES string of the molecule is CC1OC=CCC1(C)C. The molecule has 1 nitrogen and oxygen atoms in total. The molecule has 0 aliphatic carbocycles. The molecule has 1 heterocycles. The van der Waals surface area contributed by atoms with Crippen molar-refractivity contribution in [3.8, 4) is 0 Å². The van der Waals surface area contributed by atoms with E-state index >= 15 is 0 Å². The standard InChI is InChI=1S/C8H14O/c1-7-8(2,3)5-4-6-9-7/h4,6-7H,5H2,1-3H3. The maximum Gasteiger partial charge on any atom is 0.100 e. The molecule has 1 aliphatic rings. The molecule has 0 bridgehead atoms. The summed E-state index contributed by atoms with van der Waals surface area (Å²) in [5.74, 6) is 0. The van der Waals surface area contributed by atoms with Crippen molar-refractivity contribution in [2.45, 2.75) is 33.3 Å². The number of allylic oxidation sites excluding steroid dienone is 1. The molecular weight excluding hydrogens is 112 g/mol. The van der Waals surface area contributed by atoms with E-state index in [9.17, 15) is 0 Å². The minimum Gasteiger partial charge on any atom is -0.498 e. The van der Waals surface area contributed by atoms with Crippen LogP contribution in [0.1, 0.15) is 27.2 Å². The molecule has 0 saturated carbocycles. The third-order valence-corrected chi connectivity index (χ3v) is 2.12. The molecule has 0 radical (unpaired) electrons. The van der Waals surface area contributed by atoms with E-state index in [4.69, 9.17) is 4.74 Å². The fourth-order valence-electron chi connectivity index (χ4n) is 0.875. The van der Waals surface area contributed by atoms with E-state index in [0.717, 1.165) is 6.42 Å². The third-order valence-electron chi connectivity index (χ3n) is 2.12. The van der Waals surface area contributed by atoms with E-state index in [1.165, 1.54) is 0 Å². The van der Waals surface area contributed by atoms with Crippen molar-refractivity contribution in [3.63, 3.8) is 0 Å². The van der Waals surface area contributed by atoms with Gasteiger partial charge in [0.05, 0.1) is 6.26 Å². The monoisotopic (exact) mass is 126 g/mol. The highest BCUT2D eigenvalue weighted by atomic mass is 16.5. The molecule has 1 rings (SSSR count). The van der Waals surface area contributed by atoms with Crippen molar-refractivity contribution in [2.24, 2.45) is 5.41 Å². The topological polar surface area (TPSA) is 9.23 Å². The molecule has 0 N–H and O–H groups in total. The average Bonchev–Trinajstić information content (AvgIpc) is 1.77. The lowest BCUT2D eigenvalue weighted by molar-refractivity contribution is 0.0356. The van der Waals surface area contributed by atoms with Gasteiger partial charge in [0.15, 0.2) is 0 Å².